The Bertz CT molecular complexity index is 575. The topological polar surface area (TPSA) is 92.7 Å². The number of carbonyl (C=O) groups is 2. The predicted molar refractivity (Wildman–Crippen MR) is 102 cm³/mol. The monoisotopic (exact) mass is 348 g/mol. The molecule has 0 aliphatic heterocycles. The third kappa shape index (κ3) is 6.23. The van der Waals surface area contributed by atoms with Crippen molar-refractivity contribution in [3.8, 4) is 0 Å². The summed E-state index contributed by atoms with van der Waals surface area (Å²) in [4.78, 5) is 29.3. The van der Waals surface area contributed by atoms with Gasteiger partial charge in [-0.2, -0.15) is 0 Å². The van der Waals surface area contributed by atoms with E-state index in [1.165, 1.54) is 0 Å². The van der Waals surface area contributed by atoms with Crippen molar-refractivity contribution in [2.45, 2.75) is 20.8 Å². The molecule has 0 saturated heterocycles. The van der Waals surface area contributed by atoms with Crippen LogP contribution in [-0.4, -0.2) is 67.8 Å². The molecule has 1 aromatic carbocycles. The largest absolute Gasteiger partial charge is 0.340 e. The number of nitrogens with zero attached hydrogens (tertiary/aromatic N) is 2. The maximum atomic E-state index is 12.8. The number of likely N-dealkylation sites (N-methyl/N-ethyl adjacent to an activating group) is 1. The molecule has 6 heteroatoms. The molecule has 25 heavy (non-hydrogen) atoms. The minimum atomic E-state index is -0.534. The van der Waals surface area contributed by atoms with Crippen molar-refractivity contribution in [3.05, 3.63) is 35.4 Å². The lowest BCUT2D eigenvalue weighted by atomic mass is 9.84. The second-order valence-electron chi connectivity index (χ2n) is 7.27. The minimum absolute atomic E-state index is 0.0299. The Labute approximate surface area is 151 Å². The highest BCUT2D eigenvalue weighted by Crippen LogP contribution is 2.23. The lowest BCUT2D eigenvalue weighted by molar-refractivity contribution is 0.0765. The first kappa shape index (κ1) is 21.3. The SMILES string of the molecule is CN(CCN(CCN)CCN)C(=O)c1ccccc1C(=O)C(C)(C)C. The number of benzene rings is 1. The fourth-order valence-electron chi connectivity index (χ4n) is 2.57. The van der Waals surface area contributed by atoms with Crippen LogP contribution < -0.4 is 11.5 Å². The Hall–Kier alpha value is -1.76. The second kappa shape index (κ2) is 9.65. The van der Waals surface area contributed by atoms with Gasteiger partial charge < -0.3 is 16.4 Å². The van der Waals surface area contributed by atoms with Crippen LogP contribution in [0.2, 0.25) is 0 Å². The summed E-state index contributed by atoms with van der Waals surface area (Å²) in [7, 11) is 1.75. The zero-order valence-corrected chi connectivity index (χ0v) is 15.9. The highest BCUT2D eigenvalue weighted by molar-refractivity contribution is 6.09. The average molecular weight is 348 g/mol. The molecule has 0 unspecified atom stereocenters. The van der Waals surface area contributed by atoms with Gasteiger partial charge in [0, 0.05) is 57.3 Å². The summed E-state index contributed by atoms with van der Waals surface area (Å²) < 4.78 is 0. The van der Waals surface area contributed by atoms with E-state index in [0.29, 0.717) is 37.3 Å². The van der Waals surface area contributed by atoms with Gasteiger partial charge in [0.2, 0.25) is 0 Å². The maximum absolute atomic E-state index is 12.8. The first-order chi connectivity index (χ1) is 11.7. The molecule has 0 heterocycles. The van der Waals surface area contributed by atoms with E-state index >= 15 is 0 Å². The number of ketones is 1. The van der Waals surface area contributed by atoms with E-state index in [-0.39, 0.29) is 11.7 Å². The van der Waals surface area contributed by atoms with E-state index in [9.17, 15) is 9.59 Å². The normalized spacial score (nSPS) is 11.6. The number of hydrogen-bond donors (Lipinski definition) is 2. The van der Waals surface area contributed by atoms with Crippen molar-refractivity contribution in [1.82, 2.24) is 9.80 Å². The fraction of sp³-hybridized carbons (Fsp3) is 0.579. The van der Waals surface area contributed by atoms with Crippen LogP contribution in [-0.2, 0) is 0 Å². The minimum Gasteiger partial charge on any atom is -0.340 e. The van der Waals surface area contributed by atoms with Gasteiger partial charge in [-0.15, -0.1) is 0 Å². The van der Waals surface area contributed by atoms with Crippen molar-refractivity contribution < 1.29 is 9.59 Å². The van der Waals surface area contributed by atoms with Crippen molar-refractivity contribution in [1.29, 1.82) is 0 Å². The van der Waals surface area contributed by atoms with Gasteiger partial charge in [-0.3, -0.25) is 14.5 Å². The van der Waals surface area contributed by atoms with Gasteiger partial charge >= 0.3 is 0 Å². The van der Waals surface area contributed by atoms with Gasteiger partial charge in [0.25, 0.3) is 5.91 Å². The van der Waals surface area contributed by atoms with Crippen molar-refractivity contribution in [3.63, 3.8) is 0 Å². The molecule has 4 N–H and O–H groups in total. The average Bonchev–Trinajstić information content (AvgIpc) is 2.57. The first-order valence-electron chi connectivity index (χ1n) is 8.74. The lowest BCUT2D eigenvalue weighted by Gasteiger charge is -2.26. The number of amides is 1. The van der Waals surface area contributed by atoms with Gasteiger partial charge in [0.1, 0.15) is 0 Å². The zero-order valence-electron chi connectivity index (χ0n) is 15.9. The summed E-state index contributed by atoms with van der Waals surface area (Å²) in [5.41, 5.74) is 11.6. The molecule has 140 valence electrons. The number of carbonyl (C=O) groups excluding carboxylic acids is 2. The van der Waals surface area contributed by atoms with Gasteiger partial charge in [0.05, 0.1) is 5.56 Å². The van der Waals surface area contributed by atoms with Crippen LogP contribution in [0.3, 0.4) is 0 Å². The molecule has 0 spiro atoms. The second-order valence-corrected chi connectivity index (χ2v) is 7.27. The molecule has 0 aliphatic carbocycles. The van der Waals surface area contributed by atoms with E-state index in [2.05, 4.69) is 4.90 Å². The smallest absolute Gasteiger partial charge is 0.254 e. The van der Waals surface area contributed by atoms with Crippen LogP contribution >= 0.6 is 0 Å². The lowest BCUT2D eigenvalue weighted by Crippen LogP contribution is -2.41. The molecule has 1 aromatic rings. The van der Waals surface area contributed by atoms with E-state index in [0.717, 1.165) is 13.1 Å². The summed E-state index contributed by atoms with van der Waals surface area (Å²) in [6, 6.07) is 7.02. The Morgan fingerprint density at radius 3 is 1.92 bits per heavy atom. The van der Waals surface area contributed by atoms with Gasteiger partial charge in [-0.1, -0.05) is 39.0 Å². The number of rotatable bonds is 9. The Kier molecular flexibility index (Phi) is 8.22. The molecule has 1 rings (SSSR count). The van der Waals surface area contributed by atoms with Crippen molar-refractivity contribution in [2.75, 3.05) is 46.3 Å². The zero-order chi connectivity index (χ0) is 19.0. The molecule has 0 fully saturated rings. The predicted octanol–water partition coefficient (Wildman–Crippen LogP) is 1.21. The molecule has 0 aliphatic rings. The number of nitrogens with two attached hydrogens (primary N) is 2. The molecule has 0 atom stereocenters. The van der Waals surface area contributed by atoms with Crippen molar-refractivity contribution in [2.24, 2.45) is 16.9 Å². The van der Waals surface area contributed by atoms with Gasteiger partial charge in [-0.25, -0.2) is 0 Å². The summed E-state index contributed by atoms with van der Waals surface area (Å²) >= 11 is 0. The van der Waals surface area contributed by atoms with E-state index in [4.69, 9.17) is 11.5 Å². The van der Waals surface area contributed by atoms with E-state index in [1.54, 1.807) is 36.2 Å². The molecular formula is C19H32N4O2. The third-order valence-electron chi connectivity index (χ3n) is 4.07. The Balaban J connectivity index is 2.87. The quantitative estimate of drug-likeness (QED) is 0.654. The molecule has 0 aromatic heterocycles. The van der Waals surface area contributed by atoms with Gasteiger partial charge in [-0.05, 0) is 6.07 Å². The summed E-state index contributed by atoms with van der Waals surface area (Å²) in [5.74, 6) is -0.175. The molecular weight excluding hydrogens is 316 g/mol. The summed E-state index contributed by atoms with van der Waals surface area (Å²) in [6.45, 7) is 9.44. The van der Waals surface area contributed by atoms with E-state index < -0.39 is 5.41 Å². The molecule has 1 amide bonds. The summed E-state index contributed by atoms with van der Waals surface area (Å²) in [5, 5.41) is 0. The number of Topliss-reactive ketones (excluding diaryl/α,β-unsaturated/α-hetero) is 1. The van der Waals surface area contributed by atoms with Gasteiger partial charge in [0.15, 0.2) is 5.78 Å². The van der Waals surface area contributed by atoms with Crippen LogP contribution in [0.15, 0.2) is 24.3 Å². The number of hydrogen-bond acceptors (Lipinski definition) is 5. The van der Waals surface area contributed by atoms with Crippen LogP contribution in [0.4, 0.5) is 0 Å². The highest BCUT2D eigenvalue weighted by atomic mass is 16.2. The third-order valence-corrected chi connectivity index (χ3v) is 4.07. The van der Waals surface area contributed by atoms with E-state index in [1.807, 2.05) is 20.8 Å². The van der Waals surface area contributed by atoms with Crippen LogP contribution in [0.25, 0.3) is 0 Å². The highest BCUT2D eigenvalue weighted by Gasteiger charge is 2.27. The molecule has 0 radical (unpaired) electrons. The first-order valence-corrected chi connectivity index (χ1v) is 8.74. The van der Waals surface area contributed by atoms with Crippen LogP contribution in [0.1, 0.15) is 41.5 Å². The molecule has 0 bridgehead atoms. The molecule has 6 nitrogen and oxygen atoms in total. The molecule has 0 saturated carbocycles. The maximum Gasteiger partial charge on any atom is 0.254 e. The fourth-order valence-corrected chi connectivity index (χ4v) is 2.57. The van der Waals surface area contributed by atoms with Crippen LogP contribution in [0, 0.1) is 5.41 Å². The Morgan fingerprint density at radius 1 is 0.920 bits per heavy atom. The summed E-state index contributed by atoms with van der Waals surface area (Å²) in [6.07, 6.45) is 0. The Morgan fingerprint density at radius 2 is 1.44 bits per heavy atom. The standard InChI is InChI=1S/C19H32N4O2/c1-19(2,3)17(24)15-7-5-6-8-16(15)18(25)22(4)13-14-23(11-9-20)12-10-21/h5-8H,9-14,20-21H2,1-4H3. The van der Waals surface area contributed by atoms with Crippen LogP contribution in [0.5, 0.6) is 0 Å². The van der Waals surface area contributed by atoms with Crippen molar-refractivity contribution >= 4 is 11.7 Å².